The van der Waals surface area contributed by atoms with Gasteiger partial charge in [-0.3, -0.25) is 79.3 Å². The Hall–Kier alpha value is -7.78. The number of ether oxygens (including phenoxy) is 8. The Labute approximate surface area is 788 Å². The van der Waals surface area contributed by atoms with Gasteiger partial charge in [0.2, 0.25) is 17.8 Å². The summed E-state index contributed by atoms with van der Waals surface area (Å²) in [6.07, 6.45) is -21.4. The summed E-state index contributed by atoms with van der Waals surface area (Å²) in [5.74, 6) is -0.720. The average Bonchev–Trinajstić information content (AvgIpc) is 1.56. The van der Waals surface area contributed by atoms with E-state index >= 15 is 17.6 Å². The minimum atomic E-state index is -4.36. The number of pyridine rings is 3. The number of H-pyrrole nitrogens is 3. The summed E-state index contributed by atoms with van der Waals surface area (Å²) in [6.45, 7) is -29.4. The number of nitrogen functional groups attached to an aromatic ring is 6. The molecule has 21 N–H and O–H groups in total. The number of alkyl halides is 4. The maximum atomic E-state index is 16.0. The number of anilines is 6. The van der Waals surface area contributed by atoms with E-state index in [1.807, 2.05) is 0 Å². The van der Waals surface area contributed by atoms with Crippen molar-refractivity contribution in [2.24, 2.45) is 0 Å². The Morgan fingerprint density at radius 2 is 0.672 bits per heavy atom. The molecule has 11 fully saturated rings. The molecule has 11 saturated heterocycles. The monoisotopic (exact) mass is 2150 g/mol. The fourth-order valence-electron chi connectivity index (χ4n) is 17.2. The number of nitrogens with one attached hydrogen (secondary N) is 3. The van der Waals surface area contributed by atoms with E-state index in [-0.39, 0.29) is 81.4 Å². The molecule has 12 aromatic rings. The first-order valence-corrected chi connectivity index (χ1v) is 55.5. The molecule has 11 aliphatic rings. The Morgan fingerprint density at radius 3 is 1.05 bits per heavy atom. The number of nitrogens with zero attached hydrogens (tertiary/aromatic N) is 19. The molecule has 10 bridgehead atoms. The van der Waals surface area contributed by atoms with Crippen LogP contribution in [0, 0.1) is 0 Å². The van der Waals surface area contributed by atoms with Crippen LogP contribution >= 0.6 is 40.3 Å². The number of imidazole rings is 5. The molecule has 0 spiro atoms. The lowest BCUT2D eigenvalue weighted by atomic mass is 10.0. The lowest BCUT2D eigenvalue weighted by Gasteiger charge is -2.33. The molecule has 0 aliphatic carbocycles. The number of rotatable bonds is 6. The highest BCUT2D eigenvalue weighted by Crippen LogP contribution is 2.63. The van der Waals surface area contributed by atoms with Gasteiger partial charge < -0.3 is 129 Å². The quantitative estimate of drug-likeness (QED) is 0.0744. The van der Waals surface area contributed by atoms with Gasteiger partial charge in [-0.1, -0.05) is 5.21 Å². The molecule has 73 heteroatoms. The Morgan fingerprint density at radius 1 is 0.358 bits per heavy atom. The zero-order valence-electron chi connectivity index (χ0n) is 68.4. The average molecular weight is 2150 g/mol. The van der Waals surface area contributed by atoms with Gasteiger partial charge in [0.15, 0.2) is 118 Å². The largest absolute Gasteiger partial charge is 0.397 e. The van der Waals surface area contributed by atoms with Gasteiger partial charge in [-0.2, -0.15) is 19.6 Å². The summed E-state index contributed by atoms with van der Waals surface area (Å²) in [4.78, 5) is 156. The van der Waals surface area contributed by atoms with E-state index in [2.05, 4.69) is 80.1 Å². The van der Waals surface area contributed by atoms with E-state index in [0.29, 0.717) is 33.7 Å². The Balaban J connectivity index is 0.000000123. The van der Waals surface area contributed by atoms with Crippen molar-refractivity contribution in [2.75, 3.05) is 87.3 Å². The van der Waals surface area contributed by atoms with Gasteiger partial charge in [0, 0.05) is 18.6 Å². The number of nitrogens with two attached hydrogens (primary N) is 6. The fraction of sp³-hybridized carbons (Fsp3) is 0.500. The van der Waals surface area contributed by atoms with E-state index in [9.17, 15) is 43.7 Å². The molecule has 0 amide bonds. The number of aromatic amines is 3. The van der Waals surface area contributed by atoms with Crippen LogP contribution in [0.1, 0.15) is 37.4 Å². The van der Waals surface area contributed by atoms with Crippen LogP contribution in [0.2, 0.25) is 0 Å². The minimum Gasteiger partial charge on any atom is -0.397 e. The van der Waals surface area contributed by atoms with Crippen LogP contribution in [0.4, 0.5) is 52.5 Å². The standard InChI is InChI=1S/2C22H24FN9O10P2S2.C20H22F2N10O9P2S2/c2*23-10-9-3-37-43(34,45)42-15-14-20(31-6-27-11-8(24)1-2-26-16(11)31)40-22(15,4-36-14)5-38-44(35,46)41-13(10)19(39-9)32-7-28-12-17(32)29-21(25)30-18(12)33;21-9-7-3-36-42(34,44)40-13-8(39-18(10(13)22)32-15-11(29-30-32)6(23)1-2-25-15)4-37-43(35,45)41-14(9)19(38-7)31-5-26-12-16(31)27-20(24)28-17(12)33/h2*1-2,6-7,9-10,13-15,19-20H,3-5H2,(H2,24,26)(H,34,45)(H,35,46)(H3,25,29,30,33);1-2,5,7-10,13-14,18-19H,3-4H2,(H2,23,25)(H,34,44)(H,35,45)(H3,24,27,28,33)/t2*9-,10+,13-,14-,15+,19-,20-,22-,43?,44?;7-,8-,9-,10+,13-,14-,18-,19-,42?,43?/m111/s1. The number of aromatic nitrogens is 22. The van der Waals surface area contributed by atoms with Crippen LogP contribution < -0.4 is 51.1 Å². The molecule has 0 saturated carbocycles. The maximum absolute atomic E-state index is 16.0. The van der Waals surface area contributed by atoms with E-state index in [1.54, 1.807) is 21.3 Å². The van der Waals surface area contributed by atoms with Crippen molar-refractivity contribution in [1.82, 2.24) is 108 Å². The van der Waals surface area contributed by atoms with Gasteiger partial charge in [0.05, 0.1) is 102 Å². The van der Waals surface area contributed by atoms with E-state index < -0.39 is 243 Å². The number of fused-ring (bicyclic) bond motifs is 13. The molecule has 0 radical (unpaired) electrons. The molecular formula is C64H70F4N28O29P6S6. The van der Waals surface area contributed by atoms with Crippen molar-refractivity contribution in [1.29, 1.82) is 0 Å². The molecule has 734 valence electrons. The molecule has 30 atom stereocenters. The Bertz CT molecular complexity index is 7070. The molecule has 57 nitrogen and oxygen atoms in total. The van der Waals surface area contributed by atoms with Gasteiger partial charge in [-0.15, -0.1) is 5.10 Å². The highest BCUT2D eigenvalue weighted by Gasteiger charge is 2.68. The number of halogens is 4. The first-order valence-electron chi connectivity index (χ1n) is 40.0. The van der Waals surface area contributed by atoms with Gasteiger partial charge in [-0.05, 0) is 89.0 Å². The first-order chi connectivity index (χ1) is 65.0. The van der Waals surface area contributed by atoms with E-state index in [0.717, 1.165) is 15.6 Å². The van der Waals surface area contributed by atoms with Crippen molar-refractivity contribution in [3.8, 4) is 0 Å². The molecular weight excluding hydrogens is 2080 g/mol. The summed E-state index contributed by atoms with van der Waals surface area (Å²) in [5.41, 5.74) is 32.5. The van der Waals surface area contributed by atoms with Gasteiger partial charge in [0.25, 0.3) is 16.7 Å². The molecule has 6 unspecified atom stereocenters. The molecule has 137 heavy (non-hydrogen) atoms. The first kappa shape index (κ1) is 95.4. The third-order valence-corrected chi connectivity index (χ3v) is 32.7. The normalized spacial score (nSPS) is 39.0. The van der Waals surface area contributed by atoms with Crippen LogP contribution in [0.3, 0.4) is 0 Å². The molecule has 23 rings (SSSR count). The number of hydrogen-bond acceptors (Lipinski definition) is 48. The van der Waals surface area contributed by atoms with Crippen LogP contribution in [-0.2, 0) is 163 Å². The summed E-state index contributed by atoms with van der Waals surface area (Å²) < 4.78 is 188. The summed E-state index contributed by atoms with van der Waals surface area (Å²) in [6, 6.07) is 4.68. The predicted octanol–water partition coefficient (Wildman–Crippen LogP) is -0.391. The summed E-state index contributed by atoms with van der Waals surface area (Å²) >= 11 is 31.5. The van der Waals surface area contributed by atoms with Crippen molar-refractivity contribution >= 4 is 213 Å². The second-order valence-electron chi connectivity index (χ2n) is 32.0. The predicted molar refractivity (Wildman–Crippen MR) is 476 cm³/mol. The molecule has 23 heterocycles. The van der Waals surface area contributed by atoms with Crippen molar-refractivity contribution in [3.05, 3.63) is 99.5 Å². The topological polar surface area (TPSA) is 758 Å². The van der Waals surface area contributed by atoms with Crippen LogP contribution in [0.25, 0.3) is 67.0 Å². The van der Waals surface area contributed by atoms with Gasteiger partial charge in [-0.25, -0.2) is 57.4 Å². The van der Waals surface area contributed by atoms with Crippen LogP contribution in [0.5, 0.6) is 0 Å². The minimum absolute atomic E-state index is 0.0537. The van der Waals surface area contributed by atoms with E-state index in [4.69, 9.17) is 197 Å². The van der Waals surface area contributed by atoms with Crippen molar-refractivity contribution < 1.29 is 139 Å². The SMILES string of the molecule is Nc1nc2c(ncn2[C@@H]2O[C@@H]3COP(O)(=S)O[C@H]4[C@H](F)[C@H](n5nnc6c(N)ccnc65)O[C@@H]4COP(O)(=S)O[C@@H]2[C@@H]3F)c(=O)[nH]1.Nc1nc2c(ncn2[C@@H]2O[C@@H]3COP(O)(=S)O[C@H]4[C@H]5OC[C@]4(COP(O)(=S)O[C@@H]2[C@H]3F)O[C@H]5n2cnc3c(N)ccnc32)c(=O)[nH]1.Nc1nc2c(ncn2[C@@H]2O[C@@H]3COP(O)(=S)O[C@H]4[C@H]5OC[C@]4(COP(O)(=S)O[C@@H]2[C@H]3F)O[C@H]5n2cnc3c(N)ccnc32)c(=O)[nH]1. The van der Waals surface area contributed by atoms with Gasteiger partial charge in [0.1, 0.15) is 95.5 Å². The summed E-state index contributed by atoms with van der Waals surface area (Å²) in [7, 11) is 0. The van der Waals surface area contributed by atoms with Crippen molar-refractivity contribution in [2.45, 2.75) is 147 Å². The molecule has 0 aromatic carbocycles. The van der Waals surface area contributed by atoms with Crippen molar-refractivity contribution in [3.63, 3.8) is 0 Å². The summed E-state index contributed by atoms with van der Waals surface area (Å²) in [5, 5.41) is 7.82. The fourth-order valence-corrected chi connectivity index (χ4v) is 25.8. The number of hydrogen-bond donors (Lipinski definition) is 15. The smallest absolute Gasteiger partial charge is 0.325 e. The van der Waals surface area contributed by atoms with E-state index in [1.165, 1.54) is 59.1 Å². The van der Waals surface area contributed by atoms with Crippen LogP contribution in [-0.4, -0.2) is 299 Å². The third kappa shape index (κ3) is 17.4. The molecule has 12 aromatic heterocycles. The lowest BCUT2D eigenvalue weighted by molar-refractivity contribution is -0.183. The zero-order valence-corrected chi connectivity index (χ0v) is 78.7. The zero-order chi connectivity index (χ0) is 96.2. The highest BCUT2D eigenvalue weighted by atomic mass is 32.5. The second-order valence-corrected chi connectivity index (χ2v) is 48.7. The van der Waals surface area contributed by atoms with Gasteiger partial charge >= 0.3 is 40.3 Å². The second kappa shape index (κ2) is 35.4. The molecule has 11 aliphatic heterocycles. The highest BCUT2D eigenvalue weighted by molar-refractivity contribution is 8.08. The Kier molecular flexibility index (Phi) is 24.6. The maximum Gasteiger partial charge on any atom is 0.325 e. The van der Waals surface area contributed by atoms with Crippen LogP contribution in [0.15, 0.2) is 82.8 Å². The third-order valence-electron chi connectivity index (χ3n) is 23.4. The lowest BCUT2D eigenvalue weighted by Crippen LogP contribution is -2.45.